The molecule has 0 heterocycles. The highest BCUT2D eigenvalue weighted by Crippen LogP contribution is 2.33. The quantitative estimate of drug-likeness (QED) is 0.286. The lowest BCUT2D eigenvalue weighted by molar-refractivity contribution is -0.253. The molecule has 1 rings (SSSR count). The summed E-state index contributed by atoms with van der Waals surface area (Å²) in [5.41, 5.74) is 4.16. The minimum absolute atomic E-state index is 0.0551. The van der Waals surface area contributed by atoms with Gasteiger partial charge in [-0.15, -0.1) is 0 Å². The van der Waals surface area contributed by atoms with Crippen molar-refractivity contribution in [3.63, 3.8) is 0 Å². The first-order chi connectivity index (χ1) is 16.8. The van der Waals surface area contributed by atoms with Gasteiger partial charge in [-0.25, -0.2) is 0 Å². The Morgan fingerprint density at radius 3 is 2.33 bits per heavy atom. The van der Waals surface area contributed by atoms with Crippen LogP contribution in [0.15, 0.2) is 18.2 Å². The summed E-state index contributed by atoms with van der Waals surface area (Å²) in [5.74, 6) is 0.0986. The topological polar surface area (TPSA) is 112 Å². The number of benzene rings is 1. The van der Waals surface area contributed by atoms with Gasteiger partial charge in [-0.2, -0.15) is 13.2 Å². The Labute approximate surface area is 211 Å². The Morgan fingerprint density at radius 2 is 1.81 bits per heavy atom. The summed E-state index contributed by atoms with van der Waals surface area (Å²) in [4.78, 5) is 12.1. The third-order valence-electron chi connectivity index (χ3n) is 6.34. The number of amides is 1. The molecule has 0 saturated carbocycles. The van der Waals surface area contributed by atoms with Crippen LogP contribution in [0.4, 0.5) is 13.2 Å². The molecule has 1 aromatic rings. The Kier molecular flexibility index (Phi) is 13.0. The van der Waals surface area contributed by atoms with Crippen LogP contribution in [0.3, 0.4) is 0 Å². The molecule has 0 bridgehead atoms. The Balaban J connectivity index is 2.81. The van der Waals surface area contributed by atoms with Crippen molar-refractivity contribution in [2.24, 2.45) is 17.6 Å². The van der Waals surface area contributed by atoms with Crippen molar-refractivity contribution < 1.29 is 42.0 Å². The SMILES string of the molecule is COCCCOc1cc(CC(CC(N)C(O)CNC(=O)C(C)(OC)C(F)(F)F)C(C)C)ccc1OC. The number of nitrogens with one attached hydrogen (secondary N) is 1. The summed E-state index contributed by atoms with van der Waals surface area (Å²) in [6.07, 6.45) is -4.38. The molecule has 208 valence electrons. The van der Waals surface area contributed by atoms with Crippen LogP contribution in [-0.2, 0) is 20.7 Å². The normalized spacial score (nSPS) is 16.2. The molecule has 0 saturated heterocycles. The van der Waals surface area contributed by atoms with Crippen LogP contribution >= 0.6 is 0 Å². The summed E-state index contributed by atoms with van der Waals surface area (Å²) in [7, 11) is 4.00. The number of nitrogens with two attached hydrogens (primary N) is 1. The van der Waals surface area contributed by atoms with E-state index in [9.17, 15) is 23.1 Å². The molecule has 36 heavy (non-hydrogen) atoms. The summed E-state index contributed by atoms with van der Waals surface area (Å²) in [6.45, 7) is 5.32. The van der Waals surface area contributed by atoms with E-state index < -0.39 is 36.4 Å². The Morgan fingerprint density at radius 1 is 1.14 bits per heavy atom. The zero-order valence-electron chi connectivity index (χ0n) is 22.0. The average Bonchev–Trinajstić information content (AvgIpc) is 2.83. The fraction of sp³-hybridized carbons (Fsp3) is 0.720. The number of carbonyl (C=O) groups excluding carboxylic acids is 1. The Hall–Kier alpha value is -2.08. The molecule has 4 N–H and O–H groups in total. The smallest absolute Gasteiger partial charge is 0.426 e. The van der Waals surface area contributed by atoms with Crippen molar-refractivity contribution in [2.75, 3.05) is 41.1 Å². The molecule has 4 unspecified atom stereocenters. The van der Waals surface area contributed by atoms with Crippen molar-refractivity contribution in [3.8, 4) is 11.5 Å². The highest BCUT2D eigenvalue weighted by Gasteiger charge is 2.57. The van der Waals surface area contributed by atoms with Gasteiger partial charge in [0.1, 0.15) is 0 Å². The standard InChI is InChI=1S/C25H41F3N2O6/c1-16(2)18(12-17-8-9-21(34-5)22(13-17)36-11-7-10-33-4)14-19(29)20(31)15-30-23(32)24(3,35-6)25(26,27)28/h8-9,13,16,18-20,31H,7,10-12,14-15,29H2,1-6H3,(H,30,32). The van der Waals surface area contributed by atoms with E-state index in [0.717, 1.165) is 19.1 Å². The van der Waals surface area contributed by atoms with Crippen LogP contribution in [0.5, 0.6) is 11.5 Å². The third kappa shape index (κ3) is 9.10. The first kappa shape index (κ1) is 31.9. The van der Waals surface area contributed by atoms with E-state index in [1.165, 1.54) is 0 Å². The summed E-state index contributed by atoms with van der Waals surface area (Å²) >= 11 is 0. The lowest BCUT2D eigenvalue weighted by Gasteiger charge is -2.31. The van der Waals surface area contributed by atoms with Crippen LogP contribution in [0.2, 0.25) is 0 Å². The number of aliphatic hydroxyl groups excluding tert-OH is 1. The molecular weight excluding hydrogens is 481 g/mol. The Bertz CT molecular complexity index is 808. The van der Waals surface area contributed by atoms with Gasteiger partial charge >= 0.3 is 6.18 Å². The molecule has 0 fully saturated rings. The first-order valence-corrected chi connectivity index (χ1v) is 11.9. The van der Waals surface area contributed by atoms with Crippen molar-refractivity contribution >= 4 is 5.91 Å². The van der Waals surface area contributed by atoms with E-state index in [1.807, 2.05) is 32.0 Å². The highest BCUT2D eigenvalue weighted by molar-refractivity contribution is 5.85. The van der Waals surface area contributed by atoms with Crippen molar-refractivity contribution in [1.29, 1.82) is 0 Å². The minimum Gasteiger partial charge on any atom is -0.493 e. The number of hydrogen-bond donors (Lipinski definition) is 3. The molecule has 1 aromatic carbocycles. The van der Waals surface area contributed by atoms with Crippen LogP contribution in [0, 0.1) is 11.8 Å². The third-order valence-corrected chi connectivity index (χ3v) is 6.34. The largest absolute Gasteiger partial charge is 0.493 e. The number of halogens is 3. The average molecular weight is 523 g/mol. The van der Waals surface area contributed by atoms with E-state index in [0.29, 0.717) is 44.5 Å². The van der Waals surface area contributed by atoms with Gasteiger partial charge in [0, 0.05) is 39.8 Å². The lowest BCUT2D eigenvalue weighted by atomic mass is 9.83. The van der Waals surface area contributed by atoms with Crippen LogP contribution in [-0.4, -0.2) is 76.0 Å². The van der Waals surface area contributed by atoms with Crippen molar-refractivity contribution in [3.05, 3.63) is 23.8 Å². The number of rotatable bonds is 16. The molecule has 0 aliphatic rings. The van der Waals surface area contributed by atoms with Gasteiger partial charge in [-0.3, -0.25) is 4.79 Å². The molecule has 0 radical (unpaired) electrons. The van der Waals surface area contributed by atoms with Gasteiger partial charge in [-0.1, -0.05) is 19.9 Å². The number of aliphatic hydroxyl groups is 1. The molecule has 0 aliphatic carbocycles. The molecule has 1 amide bonds. The summed E-state index contributed by atoms with van der Waals surface area (Å²) in [5, 5.41) is 12.6. The predicted molar refractivity (Wildman–Crippen MR) is 130 cm³/mol. The van der Waals surface area contributed by atoms with E-state index >= 15 is 0 Å². The molecule has 4 atom stereocenters. The van der Waals surface area contributed by atoms with E-state index in [1.54, 1.807) is 14.2 Å². The summed E-state index contributed by atoms with van der Waals surface area (Å²) < 4.78 is 60.2. The van der Waals surface area contributed by atoms with E-state index in [2.05, 4.69) is 10.1 Å². The molecular formula is C25H41F3N2O6. The fourth-order valence-corrected chi connectivity index (χ4v) is 3.60. The number of ether oxygens (including phenoxy) is 4. The van der Waals surface area contributed by atoms with Crippen LogP contribution < -0.4 is 20.5 Å². The zero-order chi connectivity index (χ0) is 27.5. The second kappa shape index (κ2) is 14.6. The maximum absolute atomic E-state index is 13.2. The molecule has 8 nitrogen and oxygen atoms in total. The maximum atomic E-state index is 13.2. The zero-order valence-corrected chi connectivity index (χ0v) is 22.0. The van der Waals surface area contributed by atoms with Gasteiger partial charge in [-0.05, 0) is 49.3 Å². The number of hydrogen-bond acceptors (Lipinski definition) is 7. The second-order valence-corrected chi connectivity index (χ2v) is 9.30. The molecule has 0 aromatic heterocycles. The van der Waals surface area contributed by atoms with Crippen molar-refractivity contribution in [1.82, 2.24) is 5.32 Å². The summed E-state index contributed by atoms with van der Waals surface area (Å²) in [6, 6.07) is 4.91. The number of methoxy groups -OCH3 is 3. The molecule has 0 aliphatic heterocycles. The van der Waals surface area contributed by atoms with Gasteiger partial charge in [0.15, 0.2) is 11.5 Å². The van der Waals surface area contributed by atoms with Gasteiger partial charge in [0.25, 0.3) is 5.91 Å². The monoisotopic (exact) mass is 522 g/mol. The second-order valence-electron chi connectivity index (χ2n) is 9.30. The molecule has 0 spiro atoms. The van der Waals surface area contributed by atoms with Gasteiger partial charge < -0.3 is 35.1 Å². The van der Waals surface area contributed by atoms with Gasteiger partial charge in [0.05, 0.1) is 19.8 Å². The maximum Gasteiger partial charge on any atom is 0.426 e. The highest BCUT2D eigenvalue weighted by atomic mass is 19.4. The number of carbonyl (C=O) groups is 1. The number of alkyl halides is 3. The van der Waals surface area contributed by atoms with E-state index in [-0.39, 0.29) is 11.8 Å². The predicted octanol–water partition coefficient (Wildman–Crippen LogP) is 3.09. The van der Waals surface area contributed by atoms with Gasteiger partial charge in [0.2, 0.25) is 5.60 Å². The molecule has 11 heteroatoms. The fourth-order valence-electron chi connectivity index (χ4n) is 3.60. The van der Waals surface area contributed by atoms with Crippen LogP contribution in [0.25, 0.3) is 0 Å². The lowest BCUT2D eigenvalue weighted by Crippen LogP contribution is -2.58. The van der Waals surface area contributed by atoms with Crippen LogP contribution in [0.1, 0.15) is 39.2 Å². The van der Waals surface area contributed by atoms with Crippen molar-refractivity contribution in [2.45, 2.75) is 64.0 Å². The minimum atomic E-state index is -4.91. The van der Waals surface area contributed by atoms with E-state index in [4.69, 9.17) is 19.9 Å². The first-order valence-electron chi connectivity index (χ1n) is 11.9.